The van der Waals surface area contributed by atoms with Crippen molar-refractivity contribution in [3.05, 3.63) is 70.3 Å². The zero-order valence-corrected chi connectivity index (χ0v) is 14.5. The number of hydrogen-bond acceptors (Lipinski definition) is 3. The smallest absolute Gasteiger partial charge is 0.387 e. The molecule has 0 aliphatic rings. The Balaban J connectivity index is 1.75. The van der Waals surface area contributed by atoms with Crippen molar-refractivity contribution in [1.82, 2.24) is 9.97 Å². The molecule has 3 aromatic rings. The van der Waals surface area contributed by atoms with Crippen molar-refractivity contribution in [1.29, 1.82) is 0 Å². The van der Waals surface area contributed by atoms with Crippen LogP contribution in [0.5, 0.6) is 5.75 Å². The minimum Gasteiger partial charge on any atom is -0.435 e. The Morgan fingerprint density at radius 3 is 2.54 bits per heavy atom. The van der Waals surface area contributed by atoms with Gasteiger partial charge in [0.1, 0.15) is 18.3 Å². The molecule has 0 amide bonds. The van der Waals surface area contributed by atoms with Gasteiger partial charge in [0.2, 0.25) is 0 Å². The fraction of sp³-hybridized carbons (Fsp3) is 0.263. The number of benzene rings is 2. The second-order valence-corrected chi connectivity index (χ2v) is 6.24. The molecule has 0 saturated carbocycles. The number of aromatic amines is 1. The third-order valence-corrected chi connectivity index (χ3v) is 4.41. The van der Waals surface area contributed by atoms with Crippen molar-refractivity contribution >= 4 is 10.9 Å². The summed E-state index contributed by atoms with van der Waals surface area (Å²) < 4.78 is 28.8. The lowest BCUT2D eigenvalue weighted by Crippen LogP contribution is -3.07. The number of para-hydroxylation sites is 1. The van der Waals surface area contributed by atoms with E-state index in [4.69, 9.17) is 0 Å². The van der Waals surface area contributed by atoms with E-state index in [1.54, 1.807) is 24.3 Å². The molecule has 0 bridgehead atoms. The zero-order chi connectivity index (χ0) is 18.7. The molecule has 0 aliphatic heterocycles. The van der Waals surface area contributed by atoms with Crippen LogP contribution in [0.4, 0.5) is 8.78 Å². The third kappa shape index (κ3) is 4.05. The van der Waals surface area contributed by atoms with Crippen LogP contribution in [0.25, 0.3) is 10.9 Å². The van der Waals surface area contributed by atoms with Crippen LogP contribution >= 0.6 is 0 Å². The van der Waals surface area contributed by atoms with Crippen LogP contribution in [0.3, 0.4) is 0 Å². The van der Waals surface area contributed by atoms with E-state index in [1.165, 1.54) is 12.1 Å². The van der Waals surface area contributed by atoms with Gasteiger partial charge in [0.05, 0.1) is 18.0 Å². The first kappa shape index (κ1) is 18.0. The van der Waals surface area contributed by atoms with E-state index >= 15 is 0 Å². The van der Waals surface area contributed by atoms with E-state index in [1.807, 2.05) is 26.1 Å². The Morgan fingerprint density at radius 1 is 1.15 bits per heavy atom. The van der Waals surface area contributed by atoms with Gasteiger partial charge in [-0.1, -0.05) is 12.1 Å². The predicted molar refractivity (Wildman–Crippen MR) is 94.4 cm³/mol. The minimum absolute atomic E-state index is 0.0516. The minimum atomic E-state index is -2.83. The van der Waals surface area contributed by atoms with E-state index in [0.717, 1.165) is 10.5 Å². The molecule has 2 atom stereocenters. The molecule has 2 N–H and O–H groups in total. The number of nitrogens with zero attached hydrogens (tertiary/aromatic N) is 1. The number of fused-ring (bicyclic) bond motifs is 1. The third-order valence-electron chi connectivity index (χ3n) is 4.41. The average molecular weight is 360 g/mol. The van der Waals surface area contributed by atoms with Gasteiger partial charge in [0.15, 0.2) is 5.82 Å². The zero-order valence-electron chi connectivity index (χ0n) is 14.5. The highest BCUT2D eigenvalue weighted by molar-refractivity contribution is 5.77. The summed E-state index contributed by atoms with van der Waals surface area (Å²) in [5.74, 6) is 0.749. The number of rotatable bonds is 6. The molecule has 1 unspecified atom stereocenters. The van der Waals surface area contributed by atoms with Crippen LogP contribution in [0.15, 0.2) is 53.3 Å². The standard InChI is InChI=1S/C19H19F2N3O2/c1-12(17-22-16-6-4-3-5-15(16)18(25)23-17)24(2)11-13-7-9-14(10-8-13)26-19(20)21/h3-10,12,19H,11H2,1-2H3,(H,22,23,25)/p+1/t12-/m0/s1. The molecular formula is C19H20F2N3O2+. The molecule has 0 spiro atoms. The van der Waals surface area contributed by atoms with Crippen LogP contribution in [0.1, 0.15) is 24.4 Å². The van der Waals surface area contributed by atoms with Crippen molar-refractivity contribution in [3.63, 3.8) is 0 Å². The number of halogens is 2. The van der Waals surface area contributed by atoms with Gasteiger partial charge >= 0.3 is 6.61 Å². The van der Waals surface area contributed by atoms with Gasteiger partial charge in [-0.25, -0.2) is 4.98 Å². The Bertz CT molecular complexity index is 941. The van der Waals surface area contributed by atoms with Crippen molar-refractivity contribution in [2.24, 2.45) is 0 Å². The SMILES string of the molecule is C[C@@H](c1nc2ccccc2c(=O)[nH]1)[NH+](C)Cc1ccc(OC(F)F)cc1. The lowest BCUT2D eigenvalue weighted by Gasteiger charge is -2.21. The highest BCUT2D eigenvalue weighted by Crippen LogP contribution is 2.15. The predicted octanol–water partition coefficient (Wildman–Crippen LogP) is 2.30. The van der Waals surface area contributed by atoms with Crippen LogP contribution in [0, 0.1) is 0 Å². The summed E-state index contributed by atoms with van der Waals surface area (Å²) in [6.07, 6.45) is 0. The number of nitrogens with one attached hydrogen (secondary N) is 2. The Labute approximate surface area is 149 Å². The number of aromatic nitrogens is 2. The Hall–Kier alpha value is -2.80. The van der Waals surface area contributed by atoms with Gasteiger partial charge in [-0.3, -0.25) is 4.79 Å². The van der Waals surface area contributed by atoms with Gasteiger partial charge in [0.25, 0.3) is 5.56 Å². The van der Waals surface area contributed by atoms with Crippen molar-refractivity contribution in [2.75, 3.05) is 7.05 Å². The molecule has 2 aromatic carbocycles. The highest BCUT2D eigenvalue weighted by atomic mass is 19.3. The number of ether oxygens (including phenoxy) is 1. The number of H-pyrrole nitrogens is 1. The molecule has 1 aromatic heterocycles. The molecule has 0 fully saturated rings. The van der Waals surface area contributed by atoms with E-state index in [0.29, 0.717) is 23.3 Å². The maximum Gasteiger partial charge on any atom is 0.387 e. The number of hydrogen-bond donors (Lipinski definition) is 2. The lowest BCUT2D eigenvalue weighted by molar-refractivity contribution is -0.924. The van der Waals surface area contributed by atoms with Gasteiger partial charge in [-0.15, -0.1) is 0 Å². The first-order valence-corrected chi connectivity index (χ1v) is 8.29. The van der Waals surface area contributed by atoms with E-state index in [9.17, 15) is 13.6 Å². The quantitative estimate of drug-likeness (QED) is 0.709. The molecule has 0 radical (unpaired) electrons. The first-order chi connectivity index (χ1) is 12.4. The van der Waals surface area contributed by atoms with Crippen LogP contribution in [-0.2, 0) is 6.54 Å². The monoisotopic (exact) mass is 360 g/mol. The average Bonchev–Trinajstić information content (AvgIpc) is 2.62. The molecule has 7 heteroatoms. The fourth-order valence-corrected chi connectivity index (χ4v) is 2.81. The molecule has 1 heterocycles. The van der Waals surface area contributed by atoms with Gasteiger partial charge in [0, 0.05) is 5.56 Å². The normalized spacial score (nSPS) is 13.7. The van der Waals surface area contributed by atoms with E-state index < -0.39 is 6.61 Å². The second kappa shape index (κ2) is 7.61. The van der Waals surface area contributed by atoms with Crippen molar-refractivity contribution < 1.29 is 18.4 Å². The second-order valence-electron chi connectivity index (χ2n) is 6.24. The summed E-state index contributed by atoms with van der Waals surface area (Å²) >= 11 is 0. The molecule has 26 heavy (non-hydrogen) atoms. The summed E-state index contributed by atoms with van der Waals surface area (Å²) in [6.45, 7) is -0.200. The summed E-state index contributed by atoms with van der Waals surface area (Å²) in [7, 11) is 1.99. The topological polar surface area (TPSA) is 59.4 Å². The van der Waals surface area contributed by atoms with Crippen LogP contribution in [-0.4, -0.2) is 23.6 Å². The maximum atomic E-state index is 12.2. The first-order valence-electron chi connectivity index (χ1n) is 8.29. The lowest BCUT2D eigenvalue weighted by atomic mass is 10.1. The molecule has 5 nitrogen and oxygen atoms in total. The fourth-order valence-electron chi connectivity index (χ4n) is 2.81. The molecule has 3 rings (SSSR count). The molecule has 0 aliphatic carbocycles. The summed E-state index contributed by atoms with van der Waals surface area (Å²) in [5.41, 5.74) is 1.48. The largest absolute Gasteiger partial charge is 0.435 e. The molecule has 0 saturated heterocycles. The van der Waals surface area contributed by atoms with E-state index in [-0.39, 0.29) is 17.4 Å². The van der Waals surface area contributed by atoms with Gasteiger partial charge in [-0.05, 0) is 43.3 Å². The summed E-state index contributed by atoms with van der Waals surface area (Å²) in [5, 5.41) is 0.565. The van der Waals surface area contributed by atoms with Gasteiger partial charge < -0.3 is 14.6 Å². The molecule has 136 valence electrons. The van der Waals surface area contributed by atoms with E-state index in [2.05, 4.69) is 14.7 Å². The maximum absolute atomic E-state index is 12.2. The number of alkyl halides is 2. The Morgan fingerprint density at radius 2 is 1.85 bits per heavy atom. The van der Waals surface area contributed by atoms with Crippen molar-refractivity contribution in [3.8, 4) is 5.75 Å². The van der Waals surface area contributed by atoms with Crippen molar-refractivity contribution in [2.45, 2.75) is 26.1 Å². The highest BCUT2D eigenvalue weighted by Gasteiger charge is 2.19. The number of quaternary nitrogens is 1. The summed E-state index contributed by atoms with van der Waals surface area (Å²) in [6, 6.07) is 13.7. The van der Waals surface area contributed by atoms with Crippen LogP contribution in [0.2, 0.25) is 0 Å². The molecular weight excluding hydrogens is 340 g/mol. The van der Waals surface area contributed by atoms with Gasteiger partial charge in [-0.2, -0.15) is 8.78 Å². The Kier molecular flexibility index (Phi) is 5.27. The van der Waals surface area contributed by atoms with Crippen LogP contribution < -0.4 is 15.2 Å². The summed E-state index contributed by atoms with van der Waals surface area (Å²) in [4.78, 5) is 20.8.